The van der Waals surface area contributed by atoms with Gasteiger partial charge in [-0.2, -0.15) is 11.3 Å². The average molecular weight is 418 g/mol. The normalized spacial score (nSPS) is 10.6. The number of aryl methyl sites for hydroxylation is 1. The van der Waals surface area contributed by atoms with Crippen molar-refractivity contribution in [2.24, 2.45) is 0 Å². The van der Waals surface area contributed by atoms with E-state index in [-0.39, 0.29) is 18.4 Å². The predicted molar refractivity (Wildman–Crippen MR) is 114 cm³/mol. The average Bonchev–Trinajstić information content (AvgIpc) is 3.43. The van der Waals surface area contributed by atoms with Crippen molar-refractivity contribution < 1.29 is 14.0 Å². The monoisotopic (exact) mass is 418 g/mol. The molecule has 4 aromatic rings. The SMILES string of the molecule is Cc1oc(-c2ccccc2NC(=O)c2cccnc2)nc1CNC(=O)c1ccsc1. The first-order valence-corrected chi connectivity index (χ1v) is 10.1. The van der Waals surface area contributed by atoms with Crippen LogP contribution < -0.4 is 10.6 Å². The molecule has 3 heterocycles. The number of hydrogen-bond donors (Lipinski definition) is 2. The molecule has 7 nitrogen and oxygen atoms in total. The summed E-state index contributed by atoms with van der Waals surface area (Å²) in [6.45, 7) is 2.04. The zero-order valence-corrected chi connectivity index (χ0v) is 16.9. The fourth-order valence-corrected chi connectivity index (χ4v) is 3.47. The van der Waals surface area contributed by atoms with E-state index in [1.165, 1.54) is 17.5 Å². The largest absolute Gasteiger partial charge is 0.441 e. The minimum absolute atomic E-state index is 0.163. The lowest BCUT2D eigenvalue weighted by Gasteiger charge is -2.08. The summed E-state index contributed by atoms with van der Waals surface area (Å²) in [4.78, 5) is 33.2. The predicted octanol–water partition coefficient (Wildman–Crippen LogP) is 4.29. The molecule has 0 aliphatic heterocycles. The molecule has 0 saturated carbocycles. The molecule has 1 aromatic carbocycles. The quantitative estimate of drug-likeness (QED) is 0.487. The van der Waals surface area contributed by atoms with Crippen molar-refractivity contribution in [3.63, 3.8) is 0 Å². The van der Waals surface area contributed by atoms with Gasteiger partial charge in [0, 0.05) is 23.3 Å². The maximum Gasteiger partial charge on any atom is 0.257 e. The maximum absolute atomic E-state index is 12.5. The number of nitrogens with zero attached hydrogens (tertiary/aromatic N) is 2. The second kappa shape index (κ2) is 8.71. The molecule has 30 heavy (non-hydrogen) atoms. The molecule has 2 amide bonds. The Hall–Kier alpha value is -3.78. The van der Waals surface area contributed by atoms with Gasteiger partial charge in [0.1, 0.15) is 11.5 Å². The molecule has 0 fully saturated rings. The molecule has 0 unspecified atom stereocenters. The van der Waals surface area contributed by atoms with Gasteiger partial charge in [0.2, 0.25) is 5.89 Å². The fraction of sp³-hybridized carbons (Fsp3) is 0.0909. The number of carbonyl (C=O) groups is 2. The van der Waals surface area contributed by atoms with Crippen molar-refractivity contribution in [1.29, 1.82) is 0 Å². The highest BCUT2D eigenvalue weighted by Gasteiger charge is 2.17. The summed E-state index contributed by atoms with van der Waals surface area (Å²) >= 11 is 1.47. The minimum atomic E-state index is -0.276. The summed E-state index contributed by atoms with van der Waals surface area (Å²) < 4.78 is 5.83. The number of carbonyl (C=O) groups excluding carboxylic acids is 2. The topological polar surface area (TPSA) is 97.1 Å². The third-order valence-electron chi connectivity index (χ3n) is 4.42. The Kier molecular flexibility index (Phi) is 5.67. The van der Waals surface area contributed by atoms with Crippen molar-refractivity contribution >= 4 is 28.8 Å². The van der Waals surface area contributed by atoms with Gasteiger partial charge in [-0.15, -0.1) is 0 Å². The molecule has 4 rings (SSSR count). The Morgan fingerprint density at radius 1 is 1.07 bits per heavy atom. The molecule has 8 heteroatoms. The molecule has 150 valence electrons. The second-order valence-corrected chi connectivity index (χ2v) is 7.24. The van der Waals surface area contributed by atoms with Gasteiger partial charge in [0.15, 0.2) is 0 Å². The zero-order valence-electron chi connectivity index (χ0n) is 16.1. The van der Waals surface area contributed by atoms with Crippen LogP contribution in [0.3, 0.4) is 0 Å². The lowest BCUT2D eigenvalue weighted by Crippen LogP contribution is -2.22. The van der Waals surface area contributed by atoms with E-state index in [4.69, 9.17) is 4.42 Å². The van der Waals surface area contributed by atoms with Crippen molar-refractivity contribution in [3.8, 4) is 11.5 Å². The van der Waals surface area contributed by atoms with Gasteiger partial charge in [0.05, 0.1) is 23.4 Å². The molecule has 0 spiro atoms. The van der Waals surface area contributed by atoms with Crippen LogP contribution >= 0.6 is 11.3 Å². The molecule has 3 aromatic heterocycles. The van der Waals surface area contributed by atoms with Crippen LogP contribution in [0.25, 0.3) is 11.5 Å². The van der Waals surface area contributed by atoms with E-state index in [2.05, 4.69) is 20.6 Å². The van der Waals surface area contributed by atoms with Gasteiger partial charge < -0.3 is 15.1 Å². The fourth-order valence-electron chi connectivity index (χ4n) is 2.84. The number of hydrogen-bond acceptors (Lipinski definition) is 6. The summed E-state index contributed by atoms with van der Waals surface area (Å²) in [6.07, 6.45) is 3.11. The summed E-state index contributed by atoms with van der Waals surface area (Å²) in [7, 11) is 0. The first-order valence-electron chi connectivity index (χ1n) is 9.19. The van der Waals surface area contributed by atoms with Crippen LogP contribution in [0, 0.1) is 6.92 Å². The van der Waals surface area contributed by atoms with Crippen molar-refractivity contribution in [2.45, 2.75) is 13.5 Å². The molecule has 0 saturated heterocycles. The first-order chi connectivity index (χ1) is 14.6. The lowest BCUT2D eigenvalue weighted by molar-refractivity contribution is 0.0950. The molecular formula is C22H18N4O3S. The number of pyridine rings is 1. The highest BCUT2D eigenvalue weighted by atomic mass is 32.1. The van der Waals surface area contributed by atoms with Gasteiger partial charge in [-0.3, -0.25) is 14.6 Å². The molecule has 0 radical (unpaired) electrons. The third-order valence-corrected chi connectivity index (χ3v) is 5.11. The van der Waals surface area contributed by atoms with Gasteiger partial charge in [-0.1, -0.05) is 12.1 Å². The Morgan fingerprint density at radius 2 is 1.93 bits per heavy atom. The van der Waals surface area contributed by atoms with Gasteiger partial charge in [-0.25, -0.2) is 4.98 Å². The third kappa shape index (κ3) is 4.28. The number of rotatable bonds is 6. The van der Waals surface area contributed by atoms with Crippen molar-refractivity contribution in [1.82, 2.24) is 15.3 Å². The van der Waals surface area contributed by atoms with E-state index < -0.39 is 0 Å². The molecular weight excluding hydrogens is 400 g/mol. The number of para-hydroxylation sites is 1. The summed E-state index contributed by atoms with van der Waals surface area (Å²) in [5, 5.41) is 9.36. The standard InChI is InChI=1S/C22H18N4O3S/c1-14-19(12-24-20(27)16-8-10-30-13-16)26-22(29-14)17-6-2-3-7-18(17)25-21(28)15-5-4-9-23-11-15/h2-11,13H,12H2,1H3,(H,24,27)(H,25,28). The van der Waals surface area contributed by atoms with Crippen LogP contribution in [0.2, 0.25) is 0 Å². The molecule has 0 aliphatic rings. The summed E-state index contributed by atoms with van der Waals surface area (Å²) in [5.41, 5.74) is 2.91. The maximum atomic E-state index is 12.5. The smallest absolute Gasteiger partial charge is 0.257 e. The Bertz CT molecular complexity index is 1170. The number of oxazole rings is 1. The molecule has 2 N–H and O–H groups in total. The van der Waals surface area contributed by atoms with Crippen molar-refractivity contribution in [2.75, 3.05) is 5.32 Å². The van der Waals surface area contributed by atoms with Crippen molar-refractivity contribution in [3.05, 3.63) is 88.2 Å². The number of aromatic nitrogens is 2. The summed E-state index contributed by atoms with van der Waals surface area (Å²) in [6, 6.07) is 12.4. The van der Waals surface area contributed by atoms with Crippen LogP contribution in [0.5, 0.6) is 0 Å². The number of thiophene rings is 1. The highest BCUT2D eigenvalue weighted by molar-refractivity contribution is 7.08. The number of amides is 2. The van der Waals surface area contributed by atoms with E-state index in [1.54, 1.807) is 42.8 Å². The van der Waals surface area contributed by atoms with Crippen LogP contribution in [-0.4, -0.2) is 21.8 Å². The van der Waals surface area contributed by atoms with E-state index in [0.29, 0.717) is 39.7 Å². The molecule has 0 aliphatic carbocycles. The Balaban J connectivity index is 1.53. The first kappa shape index (κ1) is 19.5. The van der Waals surface area contributed by atoms with E-state index >= 15 is 0 Å². The van der Waals surface area contributed by atoms with E-state index in [1.807, 2.05) is 23.6 Å². The van der Waals surface area contributed by atoms with Crippen LogP contribution in [0.4, 0.5) is 5.69 Å². The highest BCUT2D eigenvalue weighted by Crippen LogP contribution is 2.29. The molecule has 0 atom stereocenters. The van der Waals surface area contributed by atoms with Gasteiger partial charge in [0.25, 0.3) is 11.8 Å². The number of benzene rings is 1. The zero-order chi connectivity index (χ0) is 20.9. The minimum Gasteiger partial charge on any atom is -0.441 e. The van der Waals surface area contributed by atoms with Crippen LogP contribution in [0.1, 0.15) is 32.2 Å². The number of anilines is 1. The number of nitrogens with one attached hydrogen (secondary N) is 2. The second-order valence-electron chi connectivity index (χ2n) is 6.46. The van der Waals surface area contributed by atoms with E-state index in [0.717, 1.165) is 0 Å². The molecule has 0 bridgehead atoms. The van der Waals surface area contributed by atoms with Crippen LogP contribution in [0.15, 0.2) is 70.0 Å². The van der Waals surface area contributed by atoms with Gasteiger partial charge in [-0.05, 0) is 42.6 Å². The van der Waals surface area contributed by atoms with Gasteiger partial charge >= 0.3 is 0 Å². The van der Waals surface area contributed by atoms with E-state index in [9.17, 15) is 9.59 Å². The summed E-state index contributed by atoms with van der Waals surface area (Å²) in [5.74, 6) is 0.532. The van der Waals surface area contributed by atoms with Crippen LogP contribution in [-0.2, 0) is 6.54 Å². The Labute approximate surface area is 176 Å². The lowest BCUT2D eigenvalue weighted by atomic mass is 10.1. The Morgan fingerprint density at radius 3 is 2.70 bits per heavy atom.